The molecule has 0 amide bonds. The summed E-state index contributed by atoms with van der Waals surface area (Å²) in [6.07, 6.45) is 0.926. The lowest BCUT2D eigenvalue weighted by Gasteiger charge is -2.17. The lowest BCUT2D eigenvalue weighted by molar-refractivity contribution is 0.196. The minimum atomic E-state index is -0.201. The Kier molecular flexibility index (Phi) is 8.73. The van der Waals surface area contributed by atoms with Gasteiger partial charge in [-0.25, -0.2) is 0 Å². The lowest BCUT2D eigenvalue weighted by Crippen LogP contribution is -2.29. The van der Waals surface area contributed by atoms with Crippen LogP contribution in [0.5, 0.6) is 0 Å². The van der Waals surface area contributed by atoms with Gasteiger partial charge in [0.2, 0.25) is 0 Å². The fraction of sp³-hybridized carbons (Fsp3) is 1.00. The molecule has 0 aromatic carbocycles. The highest BCUT2D eigenvalue weighted by molar-refractivity contribution is 7.99. The van der Waals surface area contributed by atoms with Crippen molar-refractivity contribution in [3.8, 4) is 0 Å². The number of nitrogens with one attached hydrogen (secondary N) is 1. The molecule has 14 heavy (non-hydrogen) atoms. The molecular formula is C11H25NOS. The van der Waals surface area contributed by atoms with Crippen LogP contribution in [0.25, 0.3) is 0 Å². The van der Waals surface area contributed by atoms with E-state index in [2.05, 4.69) is 33.0 Å². The van der Waals surface area contributed by atoms with Gasteiger partial charge in [-0.1, -0.05) is 27.7 Å². The Morgan fingerprint density at radius 3 is 2.43 bits per heavy atom. The fourth-order valence-corrected chi connectivity index (χ4v) is 1.99. The van der Waals surface area contributed by atoms with Crippen LogP contribution < -0.4 is 5.32 Å². The van der Waals surface area contributed by atoms with E-state index in [9.17, 15) is 5.11 Å². The van der Waals surface area contributed by atoms with Crippen LogP contribution in [0.2, 0.25) is 0 Å². The van der Waals surface area contributed by atoms with Gasteiger partial charge in [0.05, 0.1) is 6.10 Å². The third-order valence-corrected chi connectivity index (χ3v) is 3.94. The average Bonchev–Trinajstić information content (AvgIpc) is 2.14. The molecule has 0 radical (unpaired) electrons. The molecule has 2 atom stereocenters. The molecule has 3 heteroatoms. The Balaban J connectivity index is 3.38. The van der Waals surface area contributed by atoms with Gasteiger partial charge in [-0.3, -0.25) is 0 Å². The molecule has 0 saturated heterocycles. The predicted molar refractivity (Wildman–Crippen MR) is 65.9 cm³/mol. The normalized spacial score (nSPS) is 15.9. The quantitative estimate of drug-likeness (QED) is 0.613. The Morgan fingerprint density at radius 1 is 1.29 bits per heavy atom. The van der Waals surface area contributed by atoms with E-state index in [1.165, 1.54) is 0 Å². The molecular weight excluding hydrogens is 194 g/mol. The molecule has 86 valence electrons. The van der Waals surface area contributed by atoms with Gasteiger partial charge in [0.25, 0.3) is 0 Å². The Labute approximate surface area is 92.9 Å². The summed E-state index contributed by atoms with van der Waals surface area (Å²) in [6, 6.07) is 0. The second-order valence-electron chi connectivity index (χ2n) is 4.14. The van der Waals surface area contributed by atoms with Gasteiger partial charge in [-0.2, -0.15) is 11.8 Å². The highest BCUT2D eigenvalue weighted by atomic mass is 32.2. The number of rotatable bonds is 8. The third-order valence-electron chi connectivity index (χ3n) is 2.30. The minimum absolute atomic E-state index is 0.201. The first-order valence-corrected chi connectivity index (χ1v) is 6.63. The van der Waals surface area contributed by atoms with E-state index >= 15 is 0 Å². The summed E-state index contributed by atoms with van der Waals surface area (Å²) < 4.78 is 0. The summed E-state index contributed by atoms with van der Waals surface area (Å²) in [5.74, 6) is 1.53. The van der Waals surface area contributed by atoms with E-state index in [0.717, 1.165) is 25.3 Å². The molecule has 0 heterocycles. The van der Waals surface area contributed by atoms with Crippen LogP contribution >= 0.6 is 11.8 Å². The first-order chi connectivity index (χ1) is 6.57. The van der Waals surface area contributed by atoms with Gasteiger partial charge in [0.1, 0.15) is 0 Å². The Morgan fingerprint density at radius 2 is 1.93 bits per heavy atom. The van der Waals surface area contributed by atoms with Gasteiger partial charge >= 0.3 is 0 Å². The molecule has 2 N–H and O–H groups in total. The van der Waals surface area contributed by atoms with Crippen LogP contribution in [-0.4, -0.2) is 35.3 Å². The first-order valence-electron chi connectivity index (χ1n) is 5.58. The highest BCUT2D eigenvalue weighted by Crippen LogP contribution is 2.19. The van der Waals surface area contributed by atoms with Crippen LogP contribution in [0, 0.1) is 5.92 Å². The topological polar surface area (TPSA) is 32.3 Å². The van der Waals surface area contributed by atoms with E-state index in [0.29, 0.717) is 11.2 Å². The van der Waals surface area contributed by atoms with Crippen molar-refractivity contribution in [2.24, 2.45) is 5.92 Å². The largest absolute Gasteiger partial charge is 0.391 e. The molecule has 0 saturated carbocycles. The Hall–Kier alpha value is 0.270. The first kappa shape index (κ1) is 14.3. The van der Waals surface area contributed by atoms with Gasteiger partial charge in [0.15, 0.2) is 0 Å². The zero-order valence-corrected chi connectivity index (χ0v) is 10.7. The number of aliphatic hydroxyl groups is 1. The molecule has 0 aliphatic rings. The van der Waals surface area contributed by atoms with Crippen LogP contribution in [0.4, 0.5) is 0 Å². The van der Waals surface area contributed by atoms with Crippen molar-refractivity contribution in [3.63, 3.8) is 0 Å². The van der Waals surface area contributed by atoms with Gasteiger partial charge in [-0.15, -0.1) is 0 Å². The van der Waals surface area contributed by atoms with Crippen molar-refractivity contribution in [1.29, 1.82) is 0 Å². The van der Waals surface area contributed by atoms with Crippen LogP contribution in [0.15, 0.2) is 0 Å². The van der Waals surface area contributed by atoms with Crippen molar-refractivity contribution in [2.45, 2.75) is 45.5 Å². The molecule has 0 aliphatic heterocycles. The van der Waals surface area contributed by atoms with Crippen molar-refractivity contribution in [1.82, 2.24) is 5.32 Å². The van der Waals surface area contributed by atoms with Gasteiger partial charge in [-0.05, 0) is 18.9 Å². The fourth-order valence-electron chi connectivity index (χ4n) is 0.960. The van der Waals surface area contributed by atoms with Gasteiger partial charge < -0.3 is 10.4 Å². The summed E-state index contributed by atoms with van der Waals surface area (Å²) in [6.45, 7) is 10.5. The maximum atomic E-state index is 9.62. The van der Waals surface area contributed by atoms with Gasteiger partial charge in [0, 0.05) is 17.5 Å². The third kappa shape index (κ3) is 7.65. The standard InChI is InChI=1S/C11H25NOS/c1-5-6-12-7-11(13)8-14-10(4)9(2)3/h9-13H,5-8H2,1-4H3. The van der Waals surface area contributed by atoms with E-state index in [-0.39, 0.29) is 6.10 Å². The maximum Gasteiger partial charge on any atom is 0.0754 e. The van der Waals surface area contributed by atoms with Crippen LogP contribution in [-0.2, 0) is 0 Å². The number of hydrogen-bond acceptors (Lipinski definition) is 3. The SMILES string of the molecule is CCCNCC(O)CSC(C)C(C)C. The predicted octanol–water partition coefficient (Wildman–Crippen LogP) is 2.12. The molecule has 0 aliphatic carbocycles. The number of thioether (sulfide) groups is 1. The summed E-state index contributed by atoms with van der Waals surface area (Å²) in [4.78, 5) is 0. The molecule has 0 rings (SSSR count). The average molecular weight is 219 g/mol. The van der Waals surface area contributed by atoms with E-state index in [4.69, 9.17) is 0 Å². The summed E-state index contributed by atoms with van der Waals surface area (Å²) in [7, 11) is 0. The van der Waals surface area contributed by atoms with E-state index < -0.39 is 0 Å². The zero-order valence-electron chi connectivity index (χ0n) is 9.92. The minimum Gasteiger partial charge on any atom is -0.391 e. The van der Waals surface area contributed by atoms with Crippen LogP contribution in [0.3, 0.4) is 0 Å². The number of aliphatic hydroxyl groups excluding tert-OH is 1. The maximum absolute atomic E-state index is 9.62. The summed E-state index contributed by atoms with van der Waals surface area (Å²) in [5, 5.41) is 13.5. The van der Waals surface area contributed by atoms with E-state index in [1.807, 2.05) is 11.8 Å². The molecule has 2 unspecified atom stereocenters. The second kappa shape index (κ2) is 8.57. The summed E-state index contributed by atoms with van der Waals surface area (Å²) >= 11 is 1.86. The lowest BCUT2D eigenvalue weighted by atomic mass is 10.2. The van der Waals surface area contributed by atoms with Crippen molar-refractivity contribution < 1.29 is 5.11 Å². The highest BCUT2D eigenvalue weighted by Gasteiger charge is 2.10. The molecule has 0 fully saturated rings. The van der Waals surface area contributed by atoms with Crippen molar-refractivity contribution >= 4 is 11.8 Å². The molecule has 0 aromatic rings. The number of hydrogen-bond donors (Lipinski definition) is 2. The smallest absolute Gasteiger partial charge is 0.0754 e. The zero-order chi connectivity index (χ0) is 11.0. The molecule has 0 bridgehead atoms. The molecule has 0 aromatic heterocycles. The second-order valence-corrected chi connectivity index (χ2v) is 5.55. The van der Waals surface area contributed by atoms with Crippen molar-refractivity contribution in [3.05, 3.63) is 0 Å². The molecule has 2 nitrogen and oxygen atoms in total. The van der Waals surface area contributed by atoms with Crippen LogP contribution in [0.1, 0.15) is 34.1 Å². The molecule has 0 spiro atoms. The van der Waals surface area contributed by atoms with Crippen molar-refractivity contribution in [2.75, 3.05) is 18.8 Å². The summed E-state index contributed by atoms with van der Waals surface area (Å²) in [5.41, 5.74) is 0. The van der Waals surface area contributed by atoms with E-state index in [1.54, 1.807) is 0 Å². The Bertz CT molecular complexity index is 130. The monoisotopic (exact) mass is 219 g/mol.